The molecule has 0 aliphatic heterocycles. The molecule has 4 rings (SSSR count). The van der Waals surface area contributed by atoms with E-state index in [1.165, 1.54) is 0 Å². The molecule has 0 fully saturated rings. The smallest absolute Gasteiger partial charge is 0.226 e. The standard InChI is InChI=1S/C29H30N6O/c1-7-9-18(5)23(10-8-2)26-19(6)31-28(33-26)27-24-14-20(11-12-25(24)34-35-27)21-13-22(16-30-15-21)32-29(36)17(3)4/h7-17H,2,5H2,1,3-4,6H3,(H,31,33)(H,32,36)(H,34,35)/b9-7-,23-10-. The van der Waals surface area contributed by atoms with Gasteiger partial charge in [0, 0.05) is 34.3 Å². The Morgan fingerprint density at radius 1 is 1.17 bits per heavy atom. The average molecular weight is 479 g/mol. The van der Waals surface area contributed by atoms with Crippen LogP contribution in [0.1, 0.15) is 32.2 Å². The average Bonchev–Trinajstić information content (AvgIpc) is 3.45. The number of allylic oxidation sites excluding steroid dienone is 6. The molecule has 3 heterocycles. The molecule has 36 heavy (non-hydrogen) atoms. The highest BCUT2D eigenvalue weighted by atomic mass is 16.1. The summed E-state index contributed by atoms with van der Waals surface area (Å²) in [6.45, 7) is 15.7. The lowest BCUT2D eigenvalue weighted by Crippen LogP contribution is -2.17. The Morgan fingerprint density at radius 3 is 2.69 bits per heavy atom. The molecule has 0 saturated heterocycles. The van der Waals surface area contributed by atoms with E-state index < -0.39 is 0 Å². The van der Waals surface area contributed by atoms with Gasteiger partial charge < -0.3 is 10.3 Å². The summed E-state index contributed by atoms with van der Waals surface area (Å²) in [5.74, 6) is 0.495. The zero-order valence-corrected chi connectivity index (χ0v) is 21.0. The molecule has 0 bridgehead atoms. The van der Waals surface area contributed by atoms with Gasteiger partial charge in [0.1, 0.15) is 5.69 Å². The van der Waals surface area contributed by atoms with Gasteiger partial charge in [0.15, 0.2) is 5.82 Å². The Hall–Kier alpha value is -4.52. The van der Waals surface area contributed by atoms with E-state index in [0.717, 1.165) is 44.6 Å². The Bertz CT molecular complexity index is 1520. The van der Waals surface area contributed by atoms with Gasteiger partial charge in [0.25, 0.3) is 0 Å². The Labute approximate surface area is 210 Å². The van der Waals surface area contributed by atoms with Crippen LogP contribution in [0.3, 0.4) is 0 Å². The number of hydrogen-bond donors (Lipinski definition) is 3. The van der Waals surface area contributed by atoms with E-state index >= 15 is 0 Å². The van der Waals surface area contributed by atoms with Crippen LogP contribution in [-0.4, -0.2) is 31.1 Å². The SMILES string of the molecule is C=C/C=C(/C(=C)/C=C\C)c1nc(-c2n[nH]c3ccc(-c4cncc(NC(=O)C(C)C)c4)cc23)[nH]c1C. The lowest BCUT2D eigenvalue weighted by Gasteiger charge is -2.09. The number of hydrogen-bond acceptors (Lipinski definition) is 4. The van der Waals surface area contributed by atoms with Crippen molar-refractivity contribution in [3.8, 4) is 22.6 Å². The molecule has 0 unspecified atom stereocenters. The summed E-state index contributed by atoms with van der Waals surface area (Å²) in [6, 6.07) is 7.95. The summed E-state index contributed by atoms with van der Waals surface area (Å²) < 4.78 is 0. The van der Waals surface area contributed by atoms with E-state index in [9.17, 15) is 4.79 Å². The molecule has 1 aromatic carbocycles. The molecule has 4 aromatic rings. The summed E-state index contributed by atoms with van der Waals surface area (Å²) >= 11 is 0. The van der Waals surface area contributed by atoms with Crippen molar-refractivity contribution < 1.29 is 4.79 Å². The van der Waals surface area contributed by atoms with Crippen molar-refractivity contribution in [3.63, 3.8) is 0 Å². The van der Waals surface area contributed by atoms with Gasteiger partial charge in [0.2, 0.25) is 5.91 Å². The van der Waals surface area contributed by atoms with Gasteiger partial charge in [-0.15, -0.1) is 0 Å². The van der Waals surface area contributed by atoms with Crippen LogP contribution in [0.25, 0.3) is 39.1 Å². The van der Waals surface area contributed by atoms with Gasteiger partial charge in [-0.2, -0.15) is 5.10 Å². The Balaban J connectivity index is 1.74. The number of benzene rings is 1. The maximum Gasteiger partial charge on any atom is 0.226 e. The van der Waals surface area contributed by atoms with Crippen molar-refractivity contribution >= 4 is 28.1 Å². The number of H-pyrrole nitrogens is 2. The second-order valence-electron chi connectivity index (χ2n) is 8.84. The maximum atomic E-state index is 12.1. The van der Waals surface area contributed by atoms with Crippen molar-refractivity contribution in [1.29, 1.82) is 0 Å². The Morgan fingerprint density at radius 2 is 1.97 bits per heavy atom. The lowest BCUT2D eigenvalue weighted by molar-refractivity contribution is -0.118. The second-order valence-corrected chi connectivity index (χ2v) is 8.84. The van der Waals surface area contributed by atoms with Crippen LogP contribution >= 0.6 is 0 Å². The molecule has 182 valence electrons. The quantitative estimate of drug-likeness (QED) is 0.248. The molecule has 0 radical (unpaired) electrons. The molecular weight excluding hydrogens is 448 g/mol. The van der Waals surface area contributed by atoms with Crippen molar-refractivity contribution in [2.75, 3.05) is 5.32 Å². The predicted molar refractivity (Wildman–Crippen MR) is 147 cm³/mol. The molecule has 1 amide bonds. The summed E-state index contributed by atoms with van der Waals surface area (Å²) in [6.07, 6.45) is 11.0. The number of anilines is 1. The number of carbonyl (C=O) groups excluding carboxylic acids is 1. The van der Waals surface area contributed by atoms with Gasteiger partial charge >= 0.3 is 0 Å². The largest absolute Gasteiger partial charge is 0.340 e. The van der Waals surface area contributed by atoms with Gasteiger partial charge in [0.05, 0.1) is 23.1 Å². The zero-order chi connectivity index (χ0) is 25.8. The maximum absolute atomic E-state index is 12.1. The fourth-order valence-electron chi connectivity index (χ4n) is 3.91. The highest BCUT2D eigenvalue weighted by molar-refractivity contribution is 5.96. The first-order valence-electron chi connectivity index (χ1n) is 11.8. The second kappa shape index (κ2) is 10.4. The predicted octanol–water partition coefficient (Wildman–Crippen LogP) is 6.62. The van der Waals surface area contributed by atoms with Crippen molar-refractivity contribution in [2.45, 2.75) is 27.7 Å². The molecule has 7 heteroatoms. The minimum absolute atomic E-state index is 0.0486. The molecular formula is C29H30N6O. The fourth-order valence-corrected chi connectivity index (χ4v) is 3.91. The number of pyridine rings is 1. The van der Waals surface area contributed by atoms with E-state index in [1.54, 1.807) is 18.5 Å². The molecule has 0 saturated carbocycles. The van der Waals surface area contributed by atoms with E-state index in [4.69, 9.17) is 4.98 Å². The number of rotatable bonds is 8. The van der Waals surface area contributed by atoms with Crippen LogP contribution in [0.2, 0.25) is 0 Å². The van der Waals surface area contributed by atoms with Crippen LogP contribution in [0, 0.1) is 12.8 Å². The number of aromatic nitrogens is 5. The molecule has 0 aliphatic carbocycles. The van der Waals surface area contributed by atoms with Gasteiger partial charge in [-0.25, -0.2) is 4.98 Å². The summed E-state index contributed by atoms with van der Waals surface area (Å²) in [5.41, 5.74) is 7.57. The summed E-state index contributed by atoms with van der Waals surface area (Å²) in [7, 11) is 0. The zero-order valence-electron chi connectivity index (χ0n) is 21.0. The first kappa shape index (κ1) is 24.6. The van der Waals surface area contributed by atoms with E-state index in [-0.39, 0.29) is 11.8 Å². The third kappa shape index (κ3) is 4.95. The monoisotopic (exact) mass is 478 g/mol. The number of nitrogens with zero attached hydrogens (tertiary/aromatic N) is 3. The number of amides is 1. The number of fused-ring (bicyclic) bond motifs is 1. The van der Waals surface area contributed by atoms with Crippen molar-refractivity contribution in [2.24, 2.45) is 5.92 Å². The molecule has 3 N–H and O–H groups in total. The molecule has 7 nitrogen and oxygen atoms in total. The number of nitrogens with one attached hydrogen (secondary N) is 3. The number of imidazole rings is 1. The van der Waals surface area contributed by atoms with Gasteiger partial charge in [-0.3, -0.25) is 14.9 Å². The number of aryl methyl sites for hydroxylation is 1. The minimum atomic E-state index is -0.114. The third-order valence-corrected chi connectivity index (χ3v) is 5.79. The Kier molecular flexibility index (Phi) is 7.10. The van der Waals surface area contributed by atoms with Crippen molar-refractivity contribution in [1.82, 2.24) is 25.1 Å². The highest BCUT2D eigenvalue weighted by Crippen LogP contribution is 2.32. The van der Waals surface area contributed by atoms with Crippen LogP contribution in [0.15, 0.2) is 79.7 Å². The highest BCUT2D eigenvalue weighted by Gasteiger charge is 2.18. The van der Waals surface area contributed by atoms with Crippen LogP contribution in [0.5, 0.6) is 0 Å². The number of carbonyl (C=O) groups is 1. The molecule has 0 spiro atoms. The lowest BCUT2D eigenvalue weighted by atomic mass is 10.0. The van der Waals surface area contributed by atoms with E-state index in [1.807, 2.05) is 64.1 Å². The normalized spacial score (nSPS) is 12.0. The van der Waals surface area contributed by atoms with E-state index in [0.29, 0.717) is 17.2 Å². The van der Waals surface area contributed by atoms with Gasteiger partial charge in [-0.1, -0.05) is 57.4 Å². The van der Waals surface area contributed by atoms with E-state index in [2.05, 4.69) is 44.7 Å². The van der Waals surface area contributed by atoms with Gasteiger partial charge in [-0.05, 0) is 43.2 Å². The van der Waals surface area contributed by atoms with Crippen LogP contribution < -0.4 is 5.32 Å². The molecule has 0 aliphatic rings. The first-order valence-corrected chi connectivity index (χ1v) is 11.8. The summed E-state index contributed by atoms with van der Waals surface area (Å²) in [5, 5.41) is 11.5. The summed E-state index contributed by atoms with van der Waals surface area (Å²) in [4.78, 5) is 24.7. The minimum Gasteiger partial charge on any atom is -0.340 e. The van der Waals surface area contributed by atoms with Crippen LogP contribution in [0.4, 0.5) is 5.69 Å². The number of aromatic amines is 2. The third-order valence-electron chi connectivity index (χ3n) is 5.79. The molecule has 0 atom stereocenters. The van der Waals surface area contributed by atoms with Crippen molar-refractivity contribution in [3.05, 3.63) is 91.1 Å². The fraction of sp³-hybridized carbons (Fsp3) is 0.172. The topological polar surface area (TPSA) is 99.3 Å². The first-order chi connectivity index (χ1) is 17.3. The molecule has 3 aromatic heterocycles. The van der Waals surface area contributed by atoms with Crippen LogP contribution in [-0.2, 0) is 4.79 Å².